The molecule has 0 aliphatic carbocycles. The summed E-state index contributed by atoms with van der Waals surface area (Å²) in [5.41, 5.74) is 7.26. The third-order valence-electron chi connectivity index (χ3n) is 2.47. The fraction of sp³-hybridized carbons (Fsp3) is 0.0769. The van der Waals surface area contributed by atoms with Crippen molar-refractivity contribution >= 4 is 33.2 Å². The van der Waals surface area contributed by atoms with Gasteiger partial charge in [0.1, 0.15) is 5.75 Å². The highest BCUT2D eigenvalue weighted by Gasteiger charge is 2.09. The molecular weight excluding hydrogens is 310 g/mol. The Morgan fingerprint density at radius 2 is 2.16 bits per heavy atom. The van der Waals surface area contributed by atoms with Gasteiger partial charge in [-0.25, -0.2) is 0 Å². The minimum atomic E-state index is -0.273. The first kappa shape index (κ1) is 13.4. The van der Waals surface area contributed by atoms with Gasteiger partial charge in [0.05, 0.1) is 24.0 Å². The van der Waals surface area contributed by atoms with Crippen molar-refractivity contribution in [3.8, 4) is 5.75 Å². The topological polar surface area (TPSA) is 77.2 Å². The Labute approximate surface area is 118 Å². The van der Waals surface area contributed by atoms with E-state index in [2.05, 4.69) is 26.2 Å². The van der Waals surface area contributed by atoms with Crippen LogP contribution in [0.15, 0.2) is 41.1 Å². The molecule has 6 heteroatoms. The van der Waals surface area contributed by atoms with E-state index in [1.807, 2.05) is 0 Å². The number of benzene rings is 1. The second kappa shape index (κ2) is 5.71. The molecule has 0 unspecified atom stereocenters. The van der Waals surface area contributed by atoms with Crippen molar-refractivity contribution in [1.29, 1.82) is 0 Å². The van der Waals surface area contributed by atoms with Crippen LogP contribution in [0.1, 0.15) is 10.4 Å². The molecule has 1 heterocycles. The molecule has 0 aliphatic rings. The van der Waals surface area contributed by atoms with Crippen LogP contribution in [0.4, 0.5) is 11.4 Å². The molecule has 0 saturated carbocycles. The third kappa shape index (κ3) is 3.23. The van der Waals surface area contributed by atoms with Crippen molar-refractivity contribution < 1.29 is 9.53 Å². The lowest BCUT2D eigenvalue weighted by Gasteiger charge is -2.09. The Morgan fingerprint density at radius 3 is 2.79 bits per heavy atom. The highest BCUT2D eigenvalue weighted by atomic mass is 79.9. The number of nitrogens with two attached hydrogens (primary N) is 1. The van der Waals surface area contributed by atoms with Crippen LogP contribution >= 0.6 is 15.9 Å². The smallest absolute Gasteiger partial charge is 0.257 e. The molecule has 2 rings (SSSR count). The molecule has 19 heavy (non-hydrogen) atoms. The van der Waals surface area contributed by atoms with E-state index in [9.17, 15) is 4.79 Å². The normalized spacial score (nSPS) is 10.0. The number of hydrogen-bond acceptors (Lipinski definition) is 4. The van der Waals surface area contributed by atoms with Crippen molar-refractivity contribution in [3.63, 3.8) is 0 Å². The summed E-state index contributed by atoms with van der Waals surface area (Å²) in [6.07, 6.45) is 3.10. The SMILES string of the molecule is COc1ccc(NC(=O)c2cncc(Br)c2)c(N)c1. The van der Waals surface area contributed by atoms with E-state index in [-0.39, 0.29) is 5.91 Å². The van der Waals surface area contributed by atoms with E-state index in [0.29, 0.717) is 22.7 Å². The average Bonchev–Trinajstić information content (AvgIpc) is 2.41. The number of hydrogen-bond donors (Lipinski definition) is 2. The Hall–Kier alpha value is -2.08. The van der Waals surface area contributed by atoms with Crippen LogP contribution in [0.5, 0.6) is 5.75 Å². The Kier molecular flexibility index (Phi) is 4.01. The van der Waals surface area contributed by atoms with Gasteiger partial charge < -0.3 is 15.8 Å². The van der Waals surface area contributed by atoms with Crippen molar-refractivity contribution in [2.75, 3.05) is 18.2 Å². The molecule has 0 radical (unpaired) electrons. The van der Waals surface area contributed by atoms with Gasteiger partial charge in [-0.05, 0) is 34.1 Å². The third-order valence-corrected chi connectivity index (χ3v) is 2.91. The van der Waals surface area contributed by atoms with Gasteiger partial charge in [0.2, 0.25) is 0 Å². The maximum atomic E-state index is 12.0. The summed E-state index contributed by atoms with van der Waals surface area (Å²) in [6.45, 7) is 0. The number of ether oxygens (including phenoxy) is 1. The van der Waals surface area contributed by atoms with Gasteiger partial charge in [-0.15, -0.1) is 0 Å². The maximum absolute atomic E-state index is 12.0. The zero-order valence-electron chi connectivity index (χ0n) is 10.2. The molecule has 0 spiro atoms. The number of anilines is 2. The number of pyridine rings is 1. The number of aromatic nitrogens is 1. The Morgan fingerprint density at radius 1 is 1.37 bits per heavy atom. The minimum Gasteiger partial charge on any atom is -0.497 e. The number of carbonyl (C=O) groups is 1. The molecule has 0 fully saturated rings. The fourth-order valence-corrected chi connectivity index (χ4v) is 1.88. The molecule has 0 atom stereocenters. The molecule has 5 nitrogen and oxygen atoms in total. The summed E-state index contributed by atoms with van der Waals surface area (Å²) >= 11 is 3.27. The first-order valence-corrected chi connectivity index (χ1v) is 6.25. The minimum absolute atomic E-state index is 0.273. The highest BCUT2D eigenvalue weighted by molar-refractivity contribution is 9.10. The van der Waals surface area contributed by atoms with Gasteiger partial charge in [0, 0.05) is 22.9 Å². The predicted octanol–water partition coefficient (Wildman–Crippen LogP) is 2.69. The van der Waals surface area contributed by atoms with Crippen molar-refractivity contribution in [2.45, 2.75) is 0 Å². The average molecular weight is 322 g/mol. The highest BCUT2D eigenvalue weighted by Crippen LogP contribution is 2.24. The predicted molar refractivity (Wildman–Crippen MR) is 77.3 cm³/mol. The summed E-state index contributed by atoms with van der Waals surface area (Å²) in [4.78, 5) is 16.0. The van der Waals surface area contributed by atoms with E-state index < -0.39 is 0 Å². The molecule has 2 aromatic rings. The number of rotatable bonds is 3. The van der Waals surface area contributed by atoms with Gasteiger partial charge >= 0.3 is 0 Å². The van der Waals surface area contributed by atoms with E-state index in [0.717, 1.165) is 4.47 Å². The zero-order chi connectivity index (χ0) is 13.8. The molecule has 0 bridgehead atoms. The first-order chi connectivity index (χ1) is 9.10. The lowest BCUT2D eigenvalue weighted by molar-refractivity contribution is 0.102. The van der Waals surface area contributed by atoms with Gasteiger partial charge in [-0.2, -0.15) is 0 Å². The summed E-state index contributed by atoms with van der Waals surface area (Å²) in [5.74, 6) is 0.366. The van der Waals surface area contributed by atoms with Crippen LogP contribution in [0.2, 0.25) is 0 Å². The van der Waals surface area contributed by atoms with E-state index in [1.165, 1.54) is 6.20 Å². The van der Waals surface area contributed by atoms with Crippen molar-refractivity contribution in [3.05, 3.63) is 46.7 Å². The van der Waals surface area contributed by atoms with Crippen LogP contribution in [0.25, 0.3) is 0 Å². The van der Waals surface area contributed by atoms with Gasteiger partial charge in [-0.3, -0.25) is 9.78 Å². The summed E-state index contributed by atoms with van der Waals surface area (Å²) in [6, 6.07) is 6.75. The Bertz CT molecular complexity index is 617. The summed E-state index contributed by atoms with van der Waals surface area (Å²) in [5, 5.41) is 2.72. The summed E-state index contributed by atoms with van der Waals surface area (Å²) < 4.78 is 5.79. The Balaban J connectivity index is 2.19. The number of nitrogen functional groups attached to an aromatic ring is 1. The second-order valence-electron chi connectivity index (χ2n) is 3.80. The van der Waals surface area contributed by atoms with E-state index in [4.69, 9.17) is 10.5 Å². The first-order valence-electron chi connectivity index (χ1n) is 5.45. The number of methoxy groups -OCH3 is 1. The van der Waals surface area contributed by atoms with Crippen molar-refractivity contribution in [2.24, 2.45) is 0 Å². The summed E-state index contributed by atoms with van der Waals surface area (Å²) in [7, 11) is 1.56. The number of halogens is 1. The fourth-order valence-electron chi connectivity index (χ4n) is 1.51. The van der Waals surface area contributed by atoms with Gasteiger partial charge in [-0.1, -0.05) is 0 Å². The van der Waals surface area contributed by atoms with Crippen LogP contribution in [0.3, 0.4) is 0 Å². The number of nitrogens with zero attached hydrogens (tertiary/aromatic N) is 1. The van der Waals surface area contributed by atoms with E-state index >= 15 is 0 Å². The van der Waals surface area contributed by atoms with E-state index in [1.54, 1.807) is 37.6 Å². The lowest BCUT2D eigenvalue weighted by atomic mass is 10.2. The molecule has 1 aromatic heterocycles. The second-order valence-corrected chi connectivity index (χ2v) is 4.71. The maximum Gasteiger partial charge on any atom is 0.257 e. The molecule has 1 amide bonds. The van der Waals surface area contributed by atoms with Crippen LogP contribution < -0.4 is 15.8 Å². The van der Waals surface area contributed by atoms with Crippen molar-refractivity contribution in [1.82, 2.24) is 4.98 Å². The monoisotopic (exact) mass is 321 g/mol. The molecule has 1 aromatic carbocycles. The number of amides is 1. The lowest BCUT2D eigenvalue weighted by Crippen LogP contribution is -2.13. The molecule has 0 aliphatic heterocycles. The van der Waals surface area contributed by atoms with Crippen LogP contribution in [-0.4, -0.2) is 18.0 Å². The molecule has 98 valence electrons. The molecule has 0 saturated heterocycles. The largest absolute Gasteiger partial charge is 0.497 e. The van der Waals surface area contributed by atoms with Gasteiger partial charge in [0.15, 0.2) is 0 Å². The molecule has 3 N–H and O–H groups in total. The standard InChI is InChI=1S/C13H12BrN3O2/c1-19-10-2-3-12(11(15)5-10)17-13(18)8-4-9(14)7-16-6-8/h2-7H,15H2,1H3,(H,17,18). The number of nitrogens with one attached hydrogen (secondary N) is 1. The zero-order valence-corrected chi connectivity index (χ0v) is 11.8. The number of carbonyl (C=O) groups excluding carboxylic acids is 1. The van der Waals surface area contributed by atoms with Gasteiger partial charge in [0.25, 0.3) is 5.91 Å². The molecular formula is C13H12BrN3O2. The quantitative estimate of drug-likeness (QED) is 0.852. The van der Waals surface area contributed by atoms with Crippen LogP contribution in [-0.2, 0) is 0 Å². The van der Waals surface area contributed by atoms with Crippen LogP contribution in [0, 0.1) is 0 Å².